The molecule has 0 aliphatic heterocycles. The molecule has 5 saturated carbocycles. The van der Waals surface area contributed by atoms with E-state index in [1.807, 2.05) is 135 Å². The molecule has 8 aromatic carbocycles. The molecule has 1 unspecified atom stereocenters. The van der Waals surface area contributed by atoms with Gasteiger partial charge >= 0.3 is 0 Å². The maximum atomic E-state index is 13.2. The van der Waals surface area contributed by atoms with E-state index < -0.39 is 18.4 Å². The molecule has 5 aliphatic carbocycles. The maximum absolute atomic E-state index is 13.2. The summed E-state index contributed by atoms with van der Waals surface area (Å²) in [5.74, 6) is -0.766. The summed E-state index contributed by atoms with van der Waals surface area (Å²) in [5.41, 5.74) is 48.9. The van der Waals surface area contributed by atoms with Crippen LogP contribution < -0.4 is 60.0 Å². The summed E-state index contributed by atoms with van der Waals surface area (Å²) in [5, 5.41) is 67.2. The fourth-order valence-corrected chi connectivity index (χ4v) is 17.5. The minimum absolute atomic E-state index is 0.0744. The van der Waals surface area contributed by atoms with Gasteiger partial charge < -0.3 is 65.1 Å². The summed E-state index contributed by atoms with van der Waals surface area (Å²) in [6.45, 7) is 9.64. The van der Waals surface area contributed by atoms with Crippen molar-refractivity contribution in [2.45, 2.75) is 105 Å². The van der Waals surface area contributed by atoms with Gasteiger partial charge in [0, 0.05) is 124 Å². The maximum Gasteiger partial charge on any atom is 0.237 e. The lowest BCUT2D eigenvalue weighted by atomic mass is 9.95. The number of carbonyl (C=O) groups excluding carboxylic acids is 5. The van der Waals surface area contributed by atoms with Crippen molar-refractivity contribution in [2.75, 3.05) is 61.9 Å². The van der Waals surface area contributed by atoms with E-state index >= 15 is 0 Å². The van der Waals surface area contributed by atoms with Gasteiger partial charge in [0.1, 0.15) is 35.3 Å². The van der Waals surface area contributed by atoms with Crippen molar-refractivity contribution in [3.8, 4) is 85.1 Å². The first kappa shape index (κ1) is 93.7. The van der Waals surface area contributed by atoms with Crippen LogP contribution in [-0.2, 0) is 49.7 Å². The zero-order valence-electron chi connectivity index (χ0n) is 75.5. The number of rotatable bonds is 22. The van der Waals surface area contributed by atoms with E-state index in [2.05, 4.69) is 129 Å². The number of aryl methyl sites for hydroxylation is 4. The lowest BCUT2D eigenvalue weighted by molar-refractivity contribution is -0.118. The van der Waals surface area contributed by atoms with Gasteiger partial charge in [-0.1, -0.05) is 93.6 Å². The minimum atomic E-state index is -1.44. The quantitative estimate of drug-likeness (QED) is 0.0281. The van der Waals surface area contributed by atoms with Gasteiger partial charge in [-0.25, -0.2) is 43.1 Å². The number of carbonyl (C=O) groups is 5. The first-order valence-corrected chi connectivity index (χ1v) is 45.8. The van der Waals surface area contributed by atoms with Crippen LogP contribution in [-0.4, -0.2) is 88.1 Å². The first-order chi connectivity index (χ1) is 66.2. The van der Waals surface area contributed by atoms with Gasteiger partial charge in [-0.2, -0.15) is 21.0 Å². The number of pyridine rings is 6. The highest BCUT2D eigenvalue weighted by atomic mass is 32.1. The molecule has 31 heteroatoms. The third-order valence-corrected chi connectivity index (χ3v) is 25.9. The predicted octanol–water partition coefficient (Wildman–Crippen LogP) is 19.2. The molecule has 5 amide bonds. The van der Waals surface area contributed by atoms with Gasteiger partial charge in [0.15, 0.2) is 0 Å². The number of hydrogen-bond donors (Lipinski definition) is 11. The van der Waals surface area contributed by atoms with E-state index in [4.69, 9.17) is 54.5 Å². The Morgan fingerprint density at radius 3 is 1.00 bits per heavy atom. The van der Waals surface area contributed by atoms with Crippen LogP contribution in [0.25, 0.3) is 109 Å². The number of aliphatic hydroxyl groups excluding tert-OH is 1. The summed E-state index contributed by atoms with van der Waals surface area (Å²) in [7, 11) is 0. The number of fused-ring (bicyclic) bond motifs is 5. The molecule has 0 bridgehead atoms. The highest BCUT2D eigenvalue weighted by molar-refractivity contribution is 7.09. The third kappa shape index (κ3) is 21.7. The van der Waals surface area contributed by atoms with Crippen LogP contribution in [0.2, 0.25) is 0 Å². The zero-order valence-corrected chi connectivity index (χ0v) is 76.3. The topological polar surface area (TPSA) is 490 Å². The number of nitrogens with two attached hydrogens (primary N) is 5. The molecule has 16 N–H and O–H groups in total. The number of nitriles is 4. The molecule has 20 rings (SSSR count). The van der Waals surface area contributed by atoms with E-state index in [0.29, 0.717) is 102 Å². The average molecular weight is 1850 g/mol. The smallest absolute Gasteiger partial charge is 0.237 e. The Morgan fingerprint density at radius 1 is 0.409 bits per heavy atom. The van der Waals surface area contributed by atoms with Gasteiger partial charge in [0.25, 0.3) is 0 Å². The third-order valence-electron chi connectivity index (χ3n) is 24.9. The van der Waals surface area contributed by atoms with Crippen LogP contribution in [0, 0.1) is 106 Å². The number of ether oxygens (including phenoxy) is 1. The van der Waals surface area contributed by atoms with Crippen LogP contribution in [0.4, 0.5) is 66.3 Å². The molecule has 28 nitrogen and oxygen atoms in total. The summed E-state index contributed by atoms with van der Waals surface area (Å²) in [6.07, 6.45) is 15.1. The number of nitrogens with zero attached hydrogens (tertiary/aromatic N) is 11. The van der Waals surface area contributed by atoms with Crippen molar-refractivity contribution in [1.29, 1.82) is 21.0 Å². The Bertz CT molecular complexity index is 7450. The molecule has 688 valence electrons. The van der Waals surface area contributed by atoms with Crippen LogP contribution >= 0.6 is 11.5 Å². The van der Waals surface area contributed by atoms with Crippen molar-refractivity contribution < 1.29 is 42.6 Å². The molecule has 7 aromatic heterocycles. The Hall–Kier alpha value is -16.5. The van der Waals surface area contributed by atoms with E-state index in [0.717, 1.165) is 138 Å². The average Bonchev–Trinajstić information content (AvgIpc) is 1.38. The fourth-order valence-electron chi connectivity index (χ4n) is 16.8. The standard InChI is InChI=1S/C23H22FN5O2.C22H20N4O2.C22H20N4O.C21H20FN3O.C18H15N5OS/c1-3-13-8-22(31-12(2)24)28-10-18(13)14-4-15-7-21(27-11-19(15)20(26)6-14)29-23(30)17-5-16(17)9-25;23-11-16-8-18(16)22(28)26-21-10-15-7-14(9-20(24)19(15)12-25-21)17-4-2-1-3-13(17)5-6-27;1-2-13-5-3-4-6-17(13)14-7-15-10-21(25-12-19(15)20(24)9-14)26-22(27)18-8-16(18)11-23;1-2-12-5-3-4-6-15(12)13-7-14-9-20(24-11-17(14)19(23)8-13)25-21(26)16-10-18(16)22;1-9-7-22-25-17(9)11-2-10-5-16(21-8-14(10)15(20)4-11)23-18(24)13-3-12(13)6-19/h4,6-8,10-12,16-17H,3,5,26H2,1-2H3,(H,27,29,30);1-4,7,9-10,12,16,18,27H,5-6,8,24H2,(H,25,26,28);3-7,9-10,12,16,18H,2,8,24H2,1H3,(H,25,26,27);3-9,11,16,18H,2,10,23H2,1H3,(H,24,25,26);2,4-5,7-8,12-13H,3,20H2,1H3,(H,21,23,24)/t12?,16-,17+;3*16-,18+;12-,13+/m11110/s1. The number of benzene rings is 8. The summed E-state index contributed by atoms with van der Waals surface area (Å²) >= 11 is 1.43. The molecule has 15 aromatic rings. The first-order valence-electron chi connectivity index (χ1n) is 45.0. The highest BCUT2D eigenvalue weighted by Crippen LogP contribution is 2.45. The molecule has 0 spiro atoms. The van der Waals surface area contributed by atoms with Gasteiger partial charge in [-0.3, -0.25) is 24.0 Å². The number of halogens is 2. The van der Waals surface area contributed by atoms with Crippen molar-refractivity contribution in [1.82, 2.24) is 34.3 Å². The second kappa shape index (κ2) is 40.9. The number of hydrogen-bond acceptors (Lipinski definition) is 24. The number of nitrogen functional groups attached to an aromatic ring is 5. The van der Waals surface area contributed by atoms with Crippen LogP contribution in [0.15, 0.2) is 213 Å². The number of aromatic nitrogens is 7. The van der Waals surface area contributed by atoms with Crippen molar-refractivity contribution in [2.24, 2.45) is 53.3 Å². The highest BCUT2D eigenvalue weighted by Gasteiger charge is 2.47. The second-order valence-corrected chi connectivity index (χ2v) is 35.4. The molecule has 137 heavy (non-hydrogen) atoms. The van der Waals surface area contributed by atoms with E-state index in [9.17, 15) is 37.9 Å². The summed E-state index contributed by atoms with van der Waals surface area (Å²) in [4.78, 5) is 87.4. The van der Waals surface area contributed by atoms with Gasteiger partial charge in [0.05, 0.1) is 82.4 Å². The van der Waals surface area contributed by atoms with E-state index in [1.165, 1.54) is 29.6 Å². The van der Waals surface area contributed by atoms with E-state index in [-0.39, 0.29) is 89.4 Å². The fraction of sp³-hybridized carbons (Fsp3) is 0.245. The molecular formula is C106H97F2N21O7S. The Kier molecular flexibility index (Phi) is 28.0. The number of anilines is 10. The van der Waals surface area contributed by atoms with Crippen LogP contribution in [0.1, 0.15) is 87.6 Å². The Labute approximate surface area is 792 Å². The largest absolute Gasteiger partial charge is 0.444 e. The van der Waals surface area contributed by atoms with Crippen molar-refractivity contribution in [3.63, 3.8) is 0 Å². The lowest BCUT2D eigenvalue weighted by Gasteiger charge is -2.13. The number of nitrogens with one attached hydrogen (secondary N) is 5. The molecular weight excluding hydrogens is 1750 g/mol. The lowest BCUT2D eigenvalue weighted by Crippen LogP contribution is -2.15. The van der Waals surface area contributed by atoms with Crippen LogP contribution in [0.3, 0.4) is 0 Å². The SMILES string of the molecule is CCc1cc(OC(C)F)ncc1-c1cc(N)c2cnc(NC(=O)[C@H]3C[C@@H]3C#N)cc2c1.CCc1ccccc1-c1cc(N)c2cnc(NC(=O)[C@@H]3C[C@@H]3F)cc2c1.CCc1ccccc1-c1cc(N)c2cnc(NC(=O)[C@H]3C[C@@H]3C#N)cc2c1.Cc1cnsc1-c1cc(N)c2cnc(NC(=O)[C@@H]3C[C@H]3C#N)cc2c1.N#C[C@H]1C[C@@H]1C(=O)Nc1cc2cc(-c3ccccc3CCO)cc(N)c2cn1. The Balaban J connectivity index is 0.000000124. The van der Waals surface area contributed by atoms with Crippen molar-refractivity contribution in [3.05, 3.63) is 241 Å². The predicted molar refractivity (Wildman–Crippen MR) is 531 cm³/mol. The molecule has 7 heterocycles. The molecule has 5 aliphatic rings. The number of amides is 5. The second-order valence-electron chi connectivity index (χ2n) is 34.6. The van der Waals surface area contributed by atoms with Crippen LogP contribution in [0.5, 0.6) is 5.88 Å². The summed E-state index contributed by atoms with van der Waals surface area (Å²) < 4.78 is 35.5. The normalized spacial score (nSPS) is 18.3. The molecule has 5 fully saturated rings. The molecule has 0 saturated heterocycles. The van der Waals surface area contributed by atoms with Gasteiger partial charge in [0.2, 0.25) is 41.8 Å². The van der Waals surface area contributed by atoms with Crippen molar-refractivity contribution >= 4 is 152 Å². The van der Waals surface area contributed by atoms with Gasteiger partial charge in [-0.15, -0.1) is 0 Å². The summed E-state index contributed by atoms with van der Waals surface area (Å²) in [6, 6.07) is 63.3. The minimum Gasteiger partial charge on any atom is -0.444 e. The van der Waals surface area contributed by atoms with Gasteiger partial charge in [-0.05, 0) is 266 Å². The molecule has 0 radical (unpaired) electrons. The number of alkyl halides is 2. The van der Waals surface area contributed by atoms with E-state index in [1.54, 1.807) is 61.4 Å². The Morgan fingerprint density at radius 2 is 0.708 bits per heavy atom. The monoisotopic (exact) mass is 1850 g/mol. The molecule has 11 atom stereocenters. The number of aliphatic hydroxyl groups is 1. The zero-order chi connectivity index (χ0) is 96.6.